The molecule has 3 heteroatoms. The van der Waals surface area contributed by atoms with Gasteiger partial charge in [0.25, 0.3) is 0 Å². The van der Waals surface area contributed by atoms with Gasteiger partial charge in [-0.2, -0.15) is 0 Å². The number of rotatable bonds is 7. The number of nitrogens with one attached hydrogen (secondary N) is 1. The molecule has 0 spiro atoms. The van der Waals surface area contributed by atoms with Crippen LogP contribution in [0.15, 0.2) is 0 Å². The van der Waals surface area contributed by atoms with Gasteiger partial charge < -0.3 is 15.0 Å². The summed E-state index contributed by atoms with van der Waals surface area (Å²) >= 11 is 0. The summed E-state index contributed by atoms with van der Waals surface area (Å²) in [5.74, 6) is 1.58. The molecular weight excluding hydrogens is 260 g/mol. The Balaban J connectivity index is 1.88. The van der Waals surface area contributed by atoms with E-state index in [1.54, 1.807) is 0 Å². The minimum atomic E-state index is 0.334. The highest BCUT2D eigenvalue weighted by molar-refractivity contribution is 4.91. The van der Waals surface area contributed by atoms with E-state index in [2.05, 4.69) is 38.0 Å². The van der Waals surface area contributed by atoms with Crippen molar-refractivity contribution in [2.24, 2.45) is 17.3 Å². The SMILES string of the molecule is CC(C)CNCC1(CN(C)C2CCCCC2C)CCOC1. The maximum absolute atomic E-state index is 5.77. The number of ether oxygens (including phenoxy) is 1. The van der Waals surface area contributed by atoms with Crippen LogP contribution in [0.3, 0.4) is 0 Å². The molecule has 2 aliphatic rings. The summed E-state index contributed by atoms with van der Waals surface area (Å²) in [6.45, 7) is 12.3. The summed E-state index contributed by atoms with van der Waals surface area (Å²) in [6, 6.07) is 0.779. The molecule has 1 heterocycles. The molecule has 1 aliphatic carbocycles. The lowest BCUT2D eigenvalue weighted by Crippen LogP contribution is -2.49. The van der Waals surface area contributed by atoms with Crippen LogP contribution in [0.5, 0.6) is 0 Å². The van der Waals surface area contributed by atoms with Gasteiger partial charge in [0, 0.05) is 31.2 Å². The predicted octanol–water partition coefficient (Wildman–Crippen LogP) is 3.15. The van der Waals surface area contributed by atoms with Crippen LogP contribution < -0.4 is 5.32 Å². The van der Waals surface area contributed by atoms with Crippen molar-refractivity contribution in [2.75, 3.05) is 39.9 Å². The first-order valence-corrected chi connectivity index (χ1v) is 9.01. The average Bonchev–Trinajstić information content (AvgIpc) is 2.87. The van der Waals surface area contributed by atoms with Gasteiger partial charge in [0.1, 0.15) is 0 Å². The normalized spacial score (nSPS) is 34.0. The molecule has 0 aromatic rings. The summed E-state index contributed by atoms with van der Waals surface area (Å²) in [5, 5.41) is 3.68. The van der Waals surface area contributed by atoms with E-state index in [0.717, 1.165) is 44.2 Å². The van der Waals surface area contributed by atoms with Gasteiger partial charge >= 0.3 is 0 Å². The van der Waals surface area contributed by atoms with Crippen molar-refractivity contribution >= 4 is 0 Å². The van der Waals surface area contributed by atoms with Crippen LogP contribution in [-0.2, 0) is 4.74 Å². The predicted molar refractivity (Wildman–Crippen MR) is 89.6 cm³/mol. The molecule has 1 saturated heterocycles. The number of hydrogen-bond acceptors (Lipinski definition) is 3. The van der Waals surface area contributed by atoms with Crippen molar-refractivity contribution in [3.8, 4) is 0 Å². The molecule has 0 radical (unpaired) electrons. The molecule has 1 N–H and O–H groups in total. The summed E-state index contributed by atoms with van der Waals surface area (Å²) in [7, 11) is 2.34. The molecule has 1 aliphatic heterocycles. The second-order valence-corrected chi connectivity index (χ2v) is 8.07. The van der Waals surface area contributed by atoms with Crippen molar-refractivity contribution < 1.29 is 4.74 Å². The molecule has 21 heavy (non-hydrogen) atoms. The molecule has 2 rings (SSSR count). The van der Waals surface area contributed by atoms with Gasteiger partial charge in [-0.3, -0.25) is 0 Å². The van der Waals surface area contributed by atoms with Gasteiger partial charge in [0.05, 0.1) is 6.61 Å². The maximum atomic E-state index is 5.77. The highest BCUT2D eigenvalue weighted by Gasteiger charge is 2.38. The van der Waals surface area contributed by atoms with Gasteiger partial charge in [-0.1, -0.05) is 33.6 Å². The zero-order valence-corrected chi connectivity index (χ0v) is 14.7. The zero-order valence-electron chi connectivity index (χ0n) is 14.7. The molecular formula is C18H36N2O. The van der Waals surface area contributed by atoms with Gasteiger partial charge in [-0.15, -0.1) is 0 Å². The average molecular weight is 296 g/mol. The van der Waals surface area contributed by atoms with E-state index in [4.69, 9.17) is 4.74 Å². The fraction of sp³-hybridized carbons (Fsp3) is 1.00. The highest BCUT2D eigenvalue weighted by Crippen LogP contribution is 2.33. The molecule has 0 amide bonds. The van der Waals surface area contributed by atoms with Crippen molar-refractivity contribution in [1.29, 1.82) is 0 Å². The fourth-order valence-electron chi connectivity index (χ4n) is 4.19. The lowest BCUT2D eigenvalue weighted by atomic mass is 9.82. The Kier molecular flexibility index (Phi) is 6.51. The molecule has 0 aromatic heterocycles. The third-order valence-corrected chi connectivity index (χ3v) is 5.45. The first-order valence-electron chi connectivity index (χ1n) is 9.01. The van der Waals surface area contributed by atoms with Crippen LogP contribution in [0.1, 0.15) is 52.9 Å². The Bertz CT molecular complexity index is 300. The van der Waals surface area contributed by atoms with E-state index in [9.17, 15) is 0 Å². The van der Waals surface area contributed by atoms with Crippen LogP contribution in [-0.4, -0.2) is 50.8 Å². The zero-order chi connectivity index (χ0) is 15.3. The third-order valence-electron chi connectivity index (χ3n) is 5.45. The lowest BCUT2D eigenvalue weighted by molar-refractivity contribution is 0.0692. The molecule has 2 fully saturated rings. The molecule has 124 valence electrons. The van der Waals surface area contributed by atoms with Crippen LogP contribution in [0.2, 0.25) is 0 Å². The van der Waals surface area contributed by atoms with Crippen LogP contribution in [0, 0.1) is 17.3 Å². The van der Waals surface area contributed by atoms with Crippen molar-refractivity contribution in [1.82, 2.24) is 10.2 Å². The van der Waals surface area contributed by atoms with Crippen molar-refractivity contribution in [3.63, 3.8) is 0 Å². The maximum Gasteiger partial charge on any atom is 0.0547 e. The fourth-order valence-corrected chi connectivity index (χ4v) is 4.19. The molecule has 1 saturated carbocycles. The monoisotopic (exact) mass is 296 g/mol. The van der Waals surface area contributed by atoms with E-state index in [-0.39, 0.29) is 0 Å². The molecule has 3 nitrogen and oxygen atoms in total. The Morgan fingerprint density at radius 1 is 1.29 bits per heavy atom. The van der Waals surface area contributed by atoms with E-state index < -0.39 is 0 Å². The van der Waals surface area contributed by atoms with E-state index in [1.165, 1.54) is 38.6 Å². The van der Waals surface area contributed by atoms with Gasteiger partial charge in [-0.25, -0.2) is 0 Å². The second kappa shape index (κ2) is 7.94. The standard InChI is InChI=1S/C18H36N2O/c1-15(2)11-19-12-18(9-10-21-14-18)13-20(4)17-8-6-5-7-16(17)3/h15-17,19H,5-14H2,1-4H3. The van der Waals surface area contributed by atoms with Crippen LogP contribution in [0.4, 0.5) is 0 Å². The minimum absolute atomic E-state index is 0.334. The summed E-state index contributed by atoms with van der Waals surface area (Å²) < 4.78 is 5.77. The van der Waals surface area contributed by atoms with Crippen LogP contribution >= 0.6 is 0 Å². The first kappa shape index (κ1) is 17.2. The summed E-state index contributed by atoms with van der Waals surface area (Å²) in [6.07, 6.45) is 6.84. The Morgan fingerprint density at radius 2 is 2.05 bits per heavy atom. The van der Waals surface area contributed by atoms with E-state index in [0.29, 0.717) is 5.41 Å². The molecule has 0 aromatic carbocycles. The topological polar surface area (TPSA) is 24.5 Å². The smallest absolute Gasteiger partial charge is 0.0547 e. The van der Waals surface area contributed by atoms with Gasteiger partial charge in [0.2, 0.25) is 0 Å². The van der Waals surface area contributed by atoms with Gasteiger partial charge in [0.15, 0.2) is 0 Å². The molecule has 3 atom stereocenters. The molecule has 3 unspecified atom stereocenters. The lowest BCUT2D eigenvalue weighted by Gasteiger charge is -2.41. The largest absolute Gasteiger partial charge is 0.381 e. The Morgan fingerprint density at radius 3 is 2.67 bits per heavy atom. The Hall–Kier alpha value is -0.120. The third kappa shape index (κ3) is 4.94. The van der Waals surface area contributed by atoms with E-state index >= 15 is 0 Å². The van der Waals surface area contributed by atoms with E-state index in [1.807, 2.05) is 0 Å². The quantitative estimate of drug-likeness (QED) is 0.781. The van der Waals surface area contributed by atoms with Gasteiger partial charge in [-0.05, 0) is 44.7 Å². The summed E-state index contributed by atoms with van der Waals surface area (Å²) in [4.78, 5) is 2.65. The highest BCUT2D eigenvalue weighted by atomic mass is 16.5. The van der Waals surface area contributed by atoms with Crippen molar-refractivity contribution in [3.05, 3.63) is 0 Å². The number of nitrogens with zero attached hydrogens (tertiary/aromatic N) is 1. The Labute approximate surface area is 131 Å². The number of hydrogen-bond donors (Lipinski definition) is 1. The van der Waals surface area contributed by atoms with Crippen molar-refractivity contribution in [2.45, 2.75) is 58.9 Å². The van der Waals surface area contributed by atoms with Crippen LogP contribution in [0.25, 0.3) is 0 Å². The second-order valence-electron chi connectivity index (χ2n) is 8.07. The minimum Gasteiger partial charge on any atom is -0.381 e. The first-order chi connectivity index (χ1) is 10.0. The molecule has 0 bridgehead atoms. The summed E-state index contributed by atoms with van der Waals surface area (Å²) in [5.41, 5.74) is 0.334.